The first kappa shape index (κ1) is 25.5. The summed E-state index contributed by atoms with van der Waals surface area (Å²) < 4.78 is 7.43. The van der Waals surface area contributed by atoms with Gasteiger partial charge in [0.25, 0.3) is 0 Å². The summed E-state index contributed by atoms with van der Waals surface area (Å²) in [5.41, 5.74) is 2.33. The monoisotopic (exact) mass is 403 g/mol. The van der Waals surface area contributed by atoms with Gasteiger partial charge in [-0.05, 0) is 38.4 Å². The molecule has 0 aromatic carbocycles. The number of likely N-dealkylation sites (tertiary alicyclic amines) is 1. The van der Waals surface area contributed by atoms with Crippen LogP contribution in [0, 0.1) is 5.92 Å². The lowest BCUT2D eigenvalue weighted by molar-refractivity contribution is 0.172. The highest BCUT2D eigenvalue weighted by atomic mass is 16.5. The predicted octanol–water partition coefficient (Wildman–Crippen LogP) is 6.45. The molecule has 4 nitrogen and oxygen atoms in total. The van der Waals surface area contributed by atoms with Crippen molar-refractivity contribution in [1.29, 1.82) is 0 Å². The number of aromatic nitrogens is 2. The van der Waals surface area contributed by atoms with E-state index in [2.05, 4.69) is 43.0 Å². The van der Waals surface area contributed by atoms with Gasteiger partial charge in [-0.2, -0.15) is 5.10 Å². The van der Waals surface area contributed by atoms with E-state index in [1.54, 1.807) is 7.11 Å². The van der Waals surface area contributed by atoms with Gasteiger partial charge in [0.15, 0.2) is 0 Å². The van der Waals surface area contributed by atoms with E-state index in [0.717, 1.165) is 11.3 Å². The largest absolute Gasteiger partial charge is 0.496 e. The smallest absolute Gasteiger partial charge is 0.124 e. The number of methoxy groups -OCH3 is 1. The predicted molar refractivity (Wildman–Crippen MR) is 126 cm³/mol. The van der Waals surface area contributed by atoms with Gasteiger partial charge in [-0.25, -0.2) is 0 Å². The molecule has 0 N–H and O–H groups in total. The van der Waals surface area contributed by atoms with Crippen LogP contribution in [0.3, 0.4) is 0 Å². The van der Waals surface area contributed by atoms with Gasteiger partial charge in [0, 0.05) is 30.4 Å². The Bertz CT molecular complexity index is 611. The fraction of sp³-hybridized carbons (Fsp3) is 0.720. The summed E-state index contributed by atoms with van der Waals surface area (Å²) in [4.78, 5) is 2.42. The van der Waals surface area contributed by atoms with E-state index < -0.39 is 0 Å². The van der Waals surface area contributed by atoms with Crippen molar-refractivity contribution >= 4 is 5.57 Å². The van der Waals surface area contributed by atoms with Gasteiger partial charge in [-0.3, -0.25) is 9.58 Å². The Morgan fingerprint density at radius 3 is 2.21 bits per heavy atom. The maximum Gasteiger partial charge on any atom is 0.124 e. The van der Waals surface area contributed by atoms with Gasteiger partial charge in [0.1, 0.15) is 5.76 Å². The Labute approximate surface area is 180 Å². The number of piperidine rings is 1. The van der Waals surface area contributed by atoms with E-state index in [1.807, 2.05) is 38.0 Å². The molecule has 1 aromatic rings. The highest BCUT2D eigenvalue weighted by Crippen LogP contribution is 2.36. The van der Waals surface area contributed by atoms with E-state index in [1.165, 1.54) is 63.5 Å². The summed E-state index contributed by atoms with van der Waals surface area (Å²) in [6.07, 6.45) is 19.6. The number of hydrogen-bond donors (Lipinski definition) is 0. The minimum atomic E-state index is 0.476. The van der Waals surface area contributed by atoms with Crippen molar-refractivity contribution < 1.29 is 4.74 Å². The van der Waals surface area contributed by atoms with Crippen LogP contribution in [0.1, 0.15) is 84.6 Å². The normalized spacial score (nSPS) is 20.9. The Hall–Kier alpha value is -1.55. The Balaban J connectivity index is 0.000000358. The standard InChI is InChI=1S/C15H21N3O.C8H18.C2H6/c1-17-6-4-5-11-7-13(12-9-16-18(2)10-12)15(19-3)8-14(11)17;1-3-5-7-8-6-4-2;1-2/h7-11,14H,4-6H2,1-3H3;3-8H2,1-2H3;1-2H3. The van der Waals surface area contributed by atoms with Gasteiger partial charge < -0.3 is 4.74 Å². The average Bonchev–Trinajstić information content (AvgIpc) is 3.19. The minimum absolute atomic E-state index is 0.476. The van der Waals surface area contributed by atoms with Gasteiger partial charge in [-0.15, -0.1) is 0 Å². The summed E-state index contributed by atoms with van der Waals surface area (Å²) in [7, 11) is 5.89. The molecule has 0 spiro atoms. The van der Waals surface area contributed by atoms with E-state index in [4.69, 9.17) is 4.74 Å². The molecular formula is C25H45N3O. The van der Waals surface area contributed by atoms with Crippen molar-refractivity contribution in [2.45, 2.75) is 85.1 Å². The third kappa shape index (κ3) is 8.00. The molecule has 2 atom stereocenters. The number of fused-ring (bicyclic) bond motifs is 1. The molecule has 0 bridgehead atoms. The SMILES string of the molecule is CC.CCCCCCCC.COC1=CC2C(C=C1c1cnn(C)c1)CCCN2C. The lowest BCUT2D eigenvalue weighted by Crippen LogP contribution is -2.42. The summed E-state index contributed by atoms with van der Waals surface area (Å²) in [6.45, 7) is 9.68. The fourth-order valence-corrected chi connectivity index (χ4v) is 4.03. The first-order chi connectivity index (χ1) is 14.1. The second-order valence-electron chi connectivity index (χ2n) is 7.91. The molecule has 1 fully saturated rings. The number of unbranched alkanes of at least 4 members (excludes halogenated alkanes) is 5. The molecule has 166 valence electrons. The molecule has 29 heavy (non-hydrogen) atoms. The third-order valence-electron chi connectivity index (χ3n) is 5.66. The molecule has 0 radical (unpaired) electrons. The fourth-order valence-electron chi connectivity index (χ4n) is 4.03. The number of likely N-dealkylation sites (N-methyl/N-ethyl adjacent to an activating group) is 1. The number of nitrogens with zero attached hydrogens (tertiary/aromatic N) is 3. The zero-order valence-corrected chi connectivity index (χ0v) is 20.1. The van der Waals surface area contributed by atoms with Crippen molar-refractivity contribution in [3.8, 4) is 0 Å². The molecule has 0 saturated carbocycles. The summed E-state index contributed by atoms with van der Waals surface area (Å²) in [5.74, 6) is 1.57. The van der Waals surface area contributed by atoms with Crippen molar-refractivity contribution in [3.05, 3.63) is 35.9 Å². The number of ether oxygens (including phenoxy) is 1. The highest BCUT2D eigenvalue weighted by Gasteiger charge is 2.31. The summed E-state index contributed by atoms with van der Waals surface area (Å²) in [6, 6.07) is 0.476. The quantitative estimate of drug-likeness (QED) is 0.490. The molecule has 0 amide bonds. The minimum Gasteiger partial charge on any atom is -0.496 e. The van der Waals surface area contributed by atoms with Crippen LogP contribution in [-0.2, 0) is 11.8 Å². The molecule has 2 aliphatic rings. The Morgan fingerprint density at radius 1 is 1.03 bits per heavy atom. The van der Waals surface area contributed by atoms with Gasteiger partial charge in [0.05, 0.1) is 13.3 Å². The maximum absolute atomic E-state index is 5.59. The van der Waals surface area contributed by atoms with Crippen molar-refractivity contribution in [1.82, 2.24) is 14.7 Å². The van der Waals surface area contributed by atoms with Crippen molar-refractivity contribution in [2.24, 2.45) is 13.0 Å². The van der Waals surface area contributed by atoms with E-state index in [9.17, 15) is 0 Å². The average molecular weight is 404 g/mol. The molecule has 1 aliphatic heterocycles. The Morgan fingerprint density at radius 2 is 1.69 bits per heavy atom. The topological polar surface area (TPSA) is 30.3 Å². The van der Waals surface area contributed by atoms with Gasteiger partial charge in [-0.1, -0.05) is 72.3 Å². The summed E-state index contributed by atoms with van der Waals surface area (Å²) in [5, 5.41) is 4.26. The number of hydrogen-bond acceptors (Lipinski definition) is 3. The molecular weight excluding hydrogens is 358 g/mol. The molecule has 4 heteroatoms. The lowest BCUT2D eigenvalue weighted by atomic mass is 9.82. The molecule has 2 heterocycles. The van der Waals surface area contributed by atoms with E-state index in [0.29, 0.717) is 12.0 Å². The van der Waals surface area contributed by atoms with Crippen LogP contribution >= 0.6 is 0 Å². The summed E-state index contributed by atoms with van der Waals surface area (Å²) >= 11 is 0. The zero-order chi connectivity index (χ0) is 21.6. The molecule has 1 aromatic heterocycles. The van der Waals surface area contributed by atoms with Crippen LogP contribution in [0.4, 0.5) is 0 Å². The van der Waals surface area contributed by atoms with Crippen molar-refractivity contribution in [3.63, 3.8) is 0 Å². The first-order valence-corrected chi connectivity index (χ1v) is 11.8. The zero-order valence-electron chi connectivity index (χ0n) is 20.1. The first-order valence-electron chi connectivity index (χ1n) is 11.8. The Kier molecular flexibility index (Phi) is 12.7. The van der Waals surface area contributed by atoms with Crippen LogP contribution in [0.2, 0.25) is 0 Å². The van der Waals surface area contributed by atoms with E-state index >= 15 is 0 Å². The maximum atomic E-state index is 5.59. The van der Waals surface area contributed by atoms with E-state index in [-0.39, 0.29) is 0 Å². The highest BCUT2D eigenvalue weighted by molar-refractivity contribution is 5.78. The van der Waals surface area contributed by atoms with Gasteiger partial charge >= 0.3 is 0 Å². The van der Waals surface area contributed by atoms with Crippen LogP contribution in [0.15, 0.2) is 30.3 Å². The second kappa shape index (κ2) is 14.4. The molecule has 2 unspecified atom stereocenters. The number of allylic oxidation sites excluding steroid dienone is 1. The third-order valence-corrected chi connectivity index (χ3v) is 5.66. The molecule has 1 saturated heterocycles. The van der Waals surface area contributed by atoms with Gasteiger partial charge in [0.2, 0.25) is 0 Å². The number of rotatable bonds is 7. The second-order valence-corrected chi connectivity index (χ2v) is 7.91. The van der Waals surface area contributed by atoms with Crippen LogP contribution in [-0.4, -0.2) is 41.4 Å². The van der Waals surface area contributed by atoms with Crippen LogP contribution < -0.4 is 0 Å². The lowest BCUT2D eigenvalue weighted by Gasteiger charge is -2.39. The van der Waals surface area contributed by atoms with Crippen LogP contribution in [0.25, 0.3) is 5.57 Å². The van der Waals surface area contributed by atoms with Crippen molar-refractivity contribution in [2.75, 3.05) is 20.7 Å². The van der Waals surface area contributed by atoms with Crippen LogP contribution in [0.5, 0.6) is 0 Å². The molecule has 1 aliphatic carbocycles. The number of aryl methyl sites for hydroxylation is 1. The molecule has 3 rings (SSSR count).